The van der Waals surface area contributed by atoms with Crippen LogP contribution < -0.4 is 0 Å². The second kappa shape index (κ2) is 5.14. The third-order valence-corrected chi connectivity index (χ3v) is 2.08. The summed E-state index contributed by atoms with van der Waals surface area (Å²) in [5.74, 6) is -0.639. The molecular formula is C12H12F4. The van der Waals surface area contributed by atoms with Crippen LogP contribution in [0.15, 0.2) is 24.3 Å². The molecule has 0 nitrogen and oxygen atoms in total. The van der Waals surface area contributed by atoms with E-state index in [-0.39, 0.29) is 5.56 Å². The molecule has 0 amide bonds. The lowest BCUT2D eigenvalue weighted by molar-refractivity contribution is -0.137. The fraction of sp³-hybridized carbons (Fsp3) is 0.333. The van der Waals surface area contributed by atoms with E-state index in [1.54, 1.807) is 6.08 Å². The van der Waals surface area contributed by atoms with Crippen LogP contribution in [0, 0.1) is 5.82 Å². The smallest absolute Gasteiger partial charge is 0.206 e. The van der Waals surface area contributed by atoms with Gasteiger partial charge in [-0.2, -0.15) is 13.2 Å². The third kappa shape index (κ3) is 3.36. The number of halogens is 4. The maximum atomic E-state index is 13.2. The van der Waals surface area contributed by atoms with Crippen LogP contribution in [0.25, 0.3) is 6.08 Å². The van der Waals surface area contributed by atoms with E-state index in [0.29, 0.717) is 0 Å². The molecule has 0 saturated heterocycles. The zero-order valence-electron chi connectivity index (χ0n) is 8.81. The Balaban J connectivity index is 3.00. The molecule has 1 aromatic carbocycles. The van der Waals surface area contributed by atoms with Crippen LogP contribution in [0.4, 0.5) is 17.6 Å². The van der Waals surface area contributed by atoms with Crippen LogP contribution in [0.3, 0.4) is 0 Å². The van der Waals surface area contributed by atoms with Crippen molar-refractivity contribution < 1.29 is 17.6 Å². The van der Waals surface area contributed by atoms with Crippen molar-refractivity contribution in [3.8, 4) is 0 Å². The van der Waals surface area contributed by atoms with Crippen molar-refractivity contribution in [3.05, 3.63) is 41.2 Å². The number of rotatable bonds is 3. The monoisotopic (exact) mass is 232 g/mol. The first-order chi connectivity index (χ1) is 7.45. The Morgan fingerprint density at radius 2 is 1.94 bits per heavy atom. The van der Waals surface area contributed by atoms with Gasteiger partial charge in [-0.15, -0.1) is 0 Å². The topological polar surface area (TPSA) is 0 Å². The Labute approximate surface area is 91.6 Å². The fourth-order valence-corrected chi connectivity index (χ4v) is 1.22. The van der Waals surface area contributed by atoms with Crippen molar-refractivity contribution in [2.24, 2.45) is 0 Å². The number of alkyl halides is 3. The van der Waals surface area contributed by atoms with E-state index in [1.165, 1.54) is 6.08 Å². The molecule has 0 fully saturated rings. The van der Waals surface area contributed by atoms with Gasteiger partial charge in [-0.25, -0.2) is 4.39 Å². The number of hydrogen-bond donors (Lipinski definition) is 0. The molecule has 0 heterocycles. The maximum Gasteiger partial charge on any atom is 0.416 e. The van der Waals surface area contributed by atoms with Crippen molar-refractivity contribution in [1.29, 1.82) is 0 Å². The summed E-state index contributed by atoms with van der Waals surface area (Å²) in [4.78, 5) is 0. The molecule has 1 rings (SSSR count). The molecule has 1 aromatic rings. The standard InChI is InChI=1S/C12H12F4/c1-2-3-4-5-9-8-10(12(14,15)16)6-7-11(9)13/h4-8H,2-3H2,1H3/b5-4+. The molecule has 0 radical (unpaired) electrons. The Morgan fingerprint density at radius 1 is 1.25 bits per heavy atom. The van der Waals surface area contributed by atoms with Gasteiger partial charge in [0.05, 0.1) is 5.56 Å². The van der Waals surface area contributed by atoms with E-state index in [2.05, 4.69) is 0 Å². The quantitative estimate of drug-likeness (QED) is 0.665. The normalized spacial score (nSPS) is 12.3. The summed E-state index contributed by atoms with van der Waals surface area (Å²) in [6.45, 7) is 1.94. The van der Waals surface area contributed by atoms with Gasteiger partial charge in [0.1, 0.15) is 5.82 Å². The summed E-state index contributed by atoms with van der Waals surface area (Å²) in [5.41, 5.74) is -0.853. The van der Waals surface area contributed by atoms with Gasteiger partial charge >= 0.3 is 6.18 Å². The van der Waals surface area contributed by atoms with E-state index in [0.717, 1.165) is 31.0 Å². The average molecular weight is 232 g/mol. The first-order valence-electron chi connectivity index (χ1n) is 4.98. The van der Waals surface area contributed by atoms with Gasteiger partial charge in [0.2, 0.25) is 0 Å². The summed E-state index contributed by atoms with van der Waals surface area (Å²) in [5, 5.41) is 0. The lowest BCUT2D eigenvalue weighted by Gasteiger charge is -2.07. The minimum absolute atomic E-state index is 0.0247. The Bertz CT molecular complexity index is 377. The second-order valence-corrected chi connectivity index (χ2v) is 3.43. The predicted octanol–water partition coefficient (Wildman–Crippen LogP) is 4.66. The average Bonchev–Trinajstić information content (AvgIpc) is 2.19. The summed E-state index contributed by atoms with van der Waals surface area (Å²) in [6, 6.07) is 2.41. The van der Waals surface area contributed by atoms with Crippen LogP contribution in [-0.4, -0.2) is 0 Å². The van der Waals surface area contributed by atoms with Crippen LogP contribution in [-0.2, 0) is 6.18 Å². The molecule has 16 heavy (non-hydrogen) atoms. The highest BCUT2D eigenvalue weighted by molar-refractivity contribution is 5.51. The molecule has 0 N–H and O–H groups in total. The molecule has 0 aliphatic rings. The second-order valence-electron chi connectivity index (χ2n) is 3.43. The lowest BCUT2D eigenvalue weighted by Crippen LogP contribution is -2.05. The molecule has 0 spiro atoms. The summed E-state index contributed by atoms with van der Waals surface area (Å²) >= 11 is 0. The van der Waals surface area contributed by atoms with Gasteiger partial charge in [0.25, 0.3) is 0 Å². The number of unbranched alkanes of at least 4 members (excludes halogenated alkanes) is 1. The minimum Gasteiger partial charge on any atom is -0.206 e. The van der Waals surface area contributed by atoms with Crippen molar-refractivity contribution in [2.75, 3.05) is 0 Å². The Morgan fingerprint density at radius 3 is 2.50 bits per heavy atom. The van der Waals surface area contributed by atoms with Crippen LogP contribution >= 0.6 is 0 Å². The summed E-state index contributed by atoms with van der Waals surface area (Å²) in [7, 11) is 0. The first kappa shape index (κ1) is 12.7. The van der Waals surface area contributed by atoms with Crippen molar-refractivity contribution in [2.45, 2.75) is 25.9 Å². The molecule has 0 aliphatic heterocycles. The van der Waals surface area contributed by atoms with Crippen molar-refractivity contribution in [1.82, 2.24) is 0 Å². The van der Waals surface area contributed by atoms with Gasteiger partial charge in [-0.05, 0) is 24.6 Å². The lowest BCUT2D eigenvalue weighted by atomic mass is 10.1. The fourth-order valence-electron chi connectivity index (χ4n) is 1.22. The zero-order chi connectivity index (χ0) is 12.2. The largest absolute Gasteiger partial charge is 0.416 e. The molecule has 0 aromatic heterocycles. The van der Waals surface area contributed by atoms with Gasteiger partial charge < -0.3 is 0 Å². The Kier molecular flexibility index (Phi) is 4.10. The van der Waals surface area contributed by atoms with E-state index in [1.807, 2.05) is 6.92 Å². The third-order valence-electron chi connectivity index (χ3n) is 2.08. The van der Waals surface area contributed by atoms with Gasteiger partial charge in [0, 0.05) is 5.56 Å². The SMILES string of the molecule is CCC/C=C/c1cc(C(F)(F)F)ccc1F. The van der Waals surface area contributed by atoms with Gasteiger partial charge in [0.15, 0.2) is 0 Å². The molecule has 0 unspecified atom stereocenters. The van der Waals surface area contributed by atoms with Crippen LogP contribution in [0.2, 0.25) is 0 Å². The van der Waals surface area contributed by atoms with Crippen molar-refractivity contribution >= 4 is 6.08 Å². The van der Waals surface area contributed by atoms with Gasteiger partial charge in [-0.3, -0.25) is 0 Å². The molecule has 0 bridgehead atoms. The van der Waals surface area contributed by atoms with E-state index < -0.39 is 17.6 Å². The predicted molar refractivity (Wildman–Crippen MR) is 55.3 cm³/mol. The van der Waals surface area contributed by atoms with Gasteiger partial charge in [-0.1, -0.05) is 25.5 Å². The Hall–Kier alpha value is -1.32. The van der Waals surface area contributed by atoms with E-state index in [9.17, 15) is 17.6 Å². The summed E-state index contributed by atoms with van der Waals surface area (Å²) in [6.07, 6.45) is 0.209. The zero-order valence-corrected chi connectivity index (χ0v) is 8.81. The van der Waals surface area contributed by atoms with Crippen LogP contribution in [0.5, 0.6) is 0 Å². The molecule has 0 atom stereocenters. The molecule has 0 saturated carbocycles. The number of hydrogen-bond acceptors (Lipinski definition) is 0. The molecule has 0 aliphatic carbocycles. The molecule has 4 heteroatoms. The number of benzene rings is 1. The molecule has 88 valence electrons. The van der Waals surface area contributed by atoms with E-state index >= 15 is 0 Å². The highest BCUT2D eigenvalue weighted by Gasteiger charge is 2.30. The maximum absolute atomic E-state index is 13.2. The van der Waals surface area contributed by atoms with Crippen molar-refractivity contribution in [3.63, 3.8) is 0 Å². The first-order valence-corrected chi connectivity index (χ1v) is 4.98. The van der Waals surface area contributed by atoms with Crippen LogP contribution in [0.1, 0.15) is 30.9 Å². The highest BCUT2D eigenvalue weighted by Crippen LogP contribution is 2.30. The minimum atomic E-state index is -4.43. The number of allylic oxidation sites excluding steroid dienone is 1. The highest BCUT2D eigenvalue weighted by atomic mass is 19.4. The molecular weight excluding hydrogens is 220 g/mol. The summed E-state index contributed by atoms with van der Waals surface area (Å²) < 4.78 is 50.2. The van der Waals surface area contributed by atoms with E-state index in [4.69, 9.17) is 0 Å².